The van der Waals surface area contributed by atoms with Crippen LogP contribution in [0.3, 0.4) is 0 Å². The molecule has 4 heteroatoms. The van der Waals surface area contributed by atoms with Crippen molar-refractivity contribution in [2.75, 3.05) is 6.54 Å². The second-order valence-electron chi connectivity index (χ2n) is 5.35. The second kappa shape index (κ2) is 5.87. The van der Waals surface area contributed by atoms with Gasteiger partial charge in [0.05, 0.1) is 6.04 Å². The lowest BCUT2D eigenvalue weighted by Crippen LogP contribution is -2.37. The topological polar surface area (TPSA) is 64.3 Å². The molecule has 0 spiro atoms. The molecule has 0 aliphatic heterocycles. The minimum Gasteiger partial charge on any atom is -0.444 e. The highest BCUT2D eigenvalue weighted by Crippen LogP contribution is 2.14. The van der Waals surface area contributed by atoms with Gasteiger partial charge in [0, 0.05) is 6.54 Å². The van der Waals surface area contributed by atoms with Crippen LogP contribution in [0.2, 0.25) is 0 Å². The van der Waals surface area contributed by atoms with Crippen LogP contribution in [-0.4, -0.2) is 18.2 Å². The lowest BCUT2D eigenvalue weighted by Gasteiger charge is -2.23. The van der Waals surface area contributed by atoms with E-state index in [4.69, 9.17) is 10.5 Å². The summed E-state index contributed by atoms with van der Waals surface area (Å²) in [4.78, 5) is 11.7. The van der Waals surface area contributed by atoms with E-state index in [1.54, 1.807) is 0 Å². The van der Waals surface area contributed by atoms with Gasteiger partial charge >= 0.3 is 6.09 Å². The molecule has 0 aliphatic carbocycles. The van der Waals surface area contributed by atoms with Crippen LogP contribution in [-0.2, 0) is 4.74 Å². The van der Waals surface area contributed by atoms with Crippen molar-refractivity contribution in [1.29, 1.82) is 0 Å². The van der Waals surface area contributed by atoms with Crippen molar-refractivity contribution in [3.63, 3.8) is 0 Å². The van der Waals surface area contributed by atoms with Crippen LogP contribution in [0.25, 0.3) is 0 Å². The maximum Gasteiger partial charge on any atom is 0.408 e. The zero-order valence-corrected chi connectivity index (χ0v) is 11.5. The molecule has 0 aliphatic rings. The maximum atomic E-state index is 11.7. The van der Waals surface area contributed by atoms with E-state index < -0.39 is 11.7 Å². The second-order valence-corrected chi connectivity index (χ2v) is 5.35. The third-order valence-corrected chi connectivity index (χ3v) is 2.41. The Morgan fingerprint density at radius 1 is 1.33 bits per heavy atom. The number of hydrogen-bond acceptors (Lipinski definition) is 3. The van der Waals surface area contributed by atoms with Gasteiger partial charge in [-0.3, -0.25) is 0 Å². The standard InChI is InChI=1S/C14H22N2O2/c1-10-5-7-11(8-6-10)12(9-15)16-13(17)18-14(2,3)4/h5-8,12H,9,15H2,1-4H3,(H,16,17)/t12-/m1/s1. The molecule has 0 fully saturated rings. The molecule has 100 valence electrons. The van der Waals surface area contributed by atoms with Gasteiger partial charge in [0.15, 0.2) is 0 Å². The Bertz CT molecular complexity index is 393. The minimum atomic E-state index is -0.503. The van der Waals surface area contributed by atoms with Crippen LogP contribution >= 0.6 is 0 Å². The summed E-state index contributed by atoms with van der Waals surface area (Å²) in [7, 11) is 0. The van der Waals surface area contributed by atoms with Crippen LogP contribution in [0.15, 0.2) is 24.3 Å². The molecule has 3 N–H and O–H groups in total. The Hall–Kier alpha value is -1.55. The number of hydrogen-bond donors (Lipinski definition) is 2. The van der Waals surface area contributed by atoms with Crippen molar-refractivity contribution >= 4 is 6.09 Å². The smallest absolute Gasteiger partial charge is 0.408 e. The fourth-order valence-corrected chi connectivity index (χ4v) is 1.53. The molecule has 1 rings (SSSR count). The number of nitrogens with one attached hydrogen (secondary N) is 1. The maximum absolute atomic E-state index is 11.7. The van der Waals surface area contributed by atoms with Gasteiger partial charge in [-0.25, -0.2) is 4.79 Å². The molecule has 1 aromatic carbocycles. The first-order valence-corrected chi connectivity index (χ1v) is 6.08. The number of alkyl carbamates (subject to hydrolysis) is 1. The largest absolute Gasteiger partial charge is 0.444 e. The van der Waals surface area contributed by atoms with Gasteiger partial charge in [-0.15, -0.1) is 0 Å². The van der Waals surface area contributed by atoms with Crippen molar-refractivity contribution in [2.45, 2.75) is 39.3 Å². The molecule has 0 unspecified atom stereocenters. The highest BCUT2D eigenvalue weighted by Gasteiger charge is 2.19. The third-order valence-electron chi connectivity index (χ3n) is 2.41. The van der Waals surface area contributed by atoms with Gasteiger partial charge < -0.3 is 15.8 Å². The summed E-state index contributed by atoms with van der Waals surface area (Å²) in [6.45, 7) is 7.84. The number of amides is 1. The quantitative estimate of drug-likeness (QED) is 0.866. The lowest BCUT2D eigenvalue weighted by atomic mass is 10.1. The van der Waals surface area contributed by atoms with E-state index in [2.05, 4.69) is 5.32 Å². The zero-order valence-electron chi connectivity index (χ0n) is 11.5. The Morgan fingerprint density at radius 3 is 2.33 bits per heavy atom. The number of benzene rings is 1. The van der Waals surface area contributed by atoms with Gasteiger partial charge in [-0.1, -0.05) is 29.8 Å². The molecule has 1 atom stereocenters. The number of ether oxygens (including phenoxy) is 1. The van der Waals surface area contributed by atoms with Crippen LogP contribution in [0.1, 0.15) is 37.9 Å². The highest BCUT2D eigenvalue weighted by atomic mass is 16.6. The molecule has 0 saturated heterocycles. The van der Waals surface area contributed by atoms with E-state index in [0.717, 1.165) is 5.56 Å². The van der Waals surface area contributed by atoms with E-state index >= 15 is 0 Å². The molecular weight excluding hydrogens is 228 g/mol. The highest BCUT2D eigenvalue weighted by molar-refractivity contribution is 5.68. The minimum absolute atomic E-state index is 0.222. The van der Waals surface area contributed by atoms with Crippen molar-refractivity contribution in [1.82, 2.24) is 5.32 Å². The van der Waals surface area contributed by atoms with Crippen LogP contribution < -0.4 is 11.1 Å². The molecule has 1 aromatic rings. The van der Waals surface area contributed by atoms with Crippen LogP contribution in [0.5, 0.6) is 0 Å². The molecular formula is C14H22N2O2. The zero-order chi connectivity index (χ0) is 13.8. The predicted molar refractivity (Wildman–Crippen MR) is 72.3 cm³/mol. The summed E-state index contributed by atoms with van der Waals surface area (Å²) < 4.78 is 5.21. The van der Waals surface area contributed by atoms with E-state index in [0.29, 0.717) is 6.54 Å². The Kier molecular flexibility index (Phi) is 4.73. The summed E-state index contributed by atoms with van der Waals surface area (Å²) >= 11 is 0. The number of carbonyl (C=O) groups excluding carboxylic acids is 1. The molecule has 18 heavy (non-hydrogen) atoms. The van der Waals surface area contributed by atoms with Gasteiger partial charge in [0.25, 0.3) is 0 Å². The first kappa shape index (κ1) is 14.5. The first-order valence-electron chi connectivity index (χ1n) is 6.08. The molecule has 0 aromatic heterocycles. The van der Waals surface area contributed by atoms with Crippen molar-refractivity contribution in [2.24, 2.45) is 5.73 Å². The van der Waals surface area contributed by atoms with Crippen LogP contribution in [0, 0.1) is 6.92 Å². The molecule has 1 amide bonds. The predicted octanol–water partition coefficient (Wildman–Crippen LogP) is 2.52. The Morgan fingerprint density at radius 2 is 1.89 bits per heavy atom. The molecule has 0 saturated carbocycles. The van der Waals surface area contributed by atoms with Gasteiger partial charge in [0.2, 0.25) is 0 Å². The van der Waals surface area contributed by atoms with Gasteiger partial charge in [-0.05, 0) is 33.3 Å². The van der Waals surface area contributed by atoms with Gasteiger partial charge in [0.1, 0.15) is 5.60 Å². The molecule has 0 bridgehead atoms. The number of aryl methyl sites for hydroxylation is 1. The van der Waals surface area contributed by atoms with Crippen molar-refractivity contribution in [3.05, 3.63) is 35.4 Å². The number of rotatable bonds is 3. The average molecular weight is 250 g/mol. The summed E-state index contributed by atoms with van der Waals surface area (Å²) in [6, 6.07) is 7.69. The van der Waals surface area contributed by atoms with E-state index in [1.165, 1.54) is 5.56 Å². The number of nitrogens with two attached hydrogens (primary N) is 1. The first-order chi connectivity index (χ1) is 8.31. The van der Waals surface area contributed by atoms with E-state index in [9.17, 15) is 4.79 Å². The third kappa shape index (κ3) is 4.75. The van der Waals surface area contributed by atoms with Crippen molar-refractivity contribution < 1.29 is 9.53 Å². The van der Waals surface area contributed by atoms with Crippen LogP contribution in [0.4, 0.5) is 4.79 Å². The monoisotopic (exact) mass is 250 g/mol. The summed E-state index contributed by atoms with van der Waals surface area (Å²) in [5.41, 5.74) is 7.33. The van der Waals surface area contributed by atoms with Gasteiger partial charge in [-0.2, -0.15) is 0 Å². The van der Waals surface area contributed by atoms with E-state index in [-0.39, 0.29) is 6.04 Å². The summed E-state index contributed by atoms with van der Waals surface area (Å²) in [6.07, 6.45) is -0.446. The van der Waals surface area contributed by atoms with Crippen molar-refractivity contribution in [3.8, 4) is 0 Å². The average Bonchev–Trinajstić information content (AvgIpc) is 2.25. The fourth-order valence-electron chi connectivity index (χ4n) is 1.53. The molecule has 0 radical (unpaired) electrons. The Labute approximate surface area is 109 Å². The number of carbonyl (C=O) groups is 1. The van der Waals surface area contributed by atoms with E-state index in [1.807, 2.05) is 52.0 Å². The summed E-state index contributed by atoms with van der Waals surface area (Å²) in [5, 5.41) is 2.77. The molecule has 4 nitrogen and oxygen atoms in total. The molecule has 0 heterocycles. The SMILES string of the molecule is Cc1ccc([C@@H](CN)NC(=O)OC(C)(C)C)cc1. The fraction of sp³-hybridized carbons (Fsp3) is 0.500. The lowest BCUT2D eigenvalue weighted by molar-refractivity contribution is 0.0505. The summed E-state index contributed by atoms with van der Waals surface area (Å²) in [5.74, 6) is 0. The Balaban J connectivity index is 2.68. The normalized spacial score (nSPS) is 12.9.